The van der Waals surface area contributed by atoms with Crippen molar-refractivity contribution >= 4 is 27.8 Å². The molecule has 17 heavy (non-hydrogen) atoms. The van der Waals surface area contributed by atoms with Crippen molar-refractivity contribution in [3.8, 4) is 0 Å². The smallest absolute Gasteiger partial charge is 0.305 e. The van der Waals surface area contributed by atoms with Crippen LogP contribution in [0.5, 0.6) is 0 Å². The second-order valence-corrected chi connectivity index (χ2v) is 4.94. The van der Waals surface area contributed by atoms with Crippen molar-refractivity contribution in [2.24, 2.45) is 0 Å². The maximum Gasteiger partial charge on any atom is 0.305 e. The Bertz CT molecular complexity index is 400. The third-order valence-corrected chi connectivity index (χ3v) is 2.94. The van der Waals surface area contributed by atoms with Crippen LogP contribution >= 0.6 is 15.9 Å². The number of carboxylic acid groups (broad SMARTS) is 1. The number of hydrogen-bond donors (Lipinski definition) is 3. The minimum absolute atomic E-state index is 0.0354. The van der Waals surface area contributed by atoms with Gasteiger partial charge in [0.15, 0.2) is 0 Å². The Hall–Kier alpha value is -1.30. The zero-order valence-corrected chi connectivity index (χ0v) is 11.0. The number of rotatable bonds is 4. The molecule has 3 N–H and O–H groups in total. The molecule has 0 saturated heterocycles. The molecule has 0 aliphatic heterocycles. The normalized spacial score (nSPS) is 17.4. The van der Waals surface area contributed by atoms with Crippen molar-refractivity contribution in [1.29, 1.82) is 0 Å². The van der Waals surface area contributed by atoms with Gasteiger partial charge in [-0.15, -0.1) is 0 Å². The highest BCUT2D eigenvalue weighted by Gasteiger charge is 2.20. The number of carboxylic acids is 1. The molecular weight excluding hydrogens is 290 g/mol. The van der Waals surface area contributed by atoms with Crippen molar-refractivity contribution < 1.29 is 19.8 Å². The van der Waals surface area contributed by atoms with E-state index >= 15 is 0 Å². The molecule has 1 atom stereocenters. The van der Waals surface area contributed by atoms with Gasteiger partial charge in [-0.2, -0.15) is 0 Å². The third kappa shape index (κ3) is 4.22. The second-order valence-electron chi connectivity index (χ2n) is 3.92. The molecule has 0 spiro atoms. The summed E-state index contributed by atoms with van der Waals surface area (Å²) < 4.78 is 0.839. The molecule has 1 aliphatic carbocycles. The lowest BCUT2D eigenvalue weighted by Crippen LogP contribution is -2.35. The SMILES string of the molecule is CC(CC(=O)O)NC(=O)C1=C(O)CCC(Br)=C1. The van der Waals surface area contributed by atoms with E-state index in [2.05, 4.69) is 21.2 Å². The second kappa shape index (κ2) is 5.86. The van der Waals surface area contributed by atoms with E-state index in [0.717, 1.165) is 4.48 Å². The van der Waals surface area contributed by atoms with Crippen LogP contribution in [0.25, 0.3) is 0 Å². The quantitative estimate of drug-likeness (QED) is 0.740. The number of aliphatic carboxylic acids is 1. The highest BCUT2D eigenvalue weighted by Crippen LogP contribution is 2.26. The Labute approximate surface area is 107 Å². The van der Waals surface area contributed by atoms with E-state index in [1.807, 2.05) is 0 Å². The lowest BCUT2D eigenvalue weighted by atomic mass is 10.0. The number of hydrogen-bond acceptors (Lipinski definition) is 3. The van der Waals surface area contributed by atoms with Gasteiger partial charge in [-0.25, -0.2) is 0 Å². The standard InChI is InChI=1S/C11H14BrNO4/c1-6(4-10(15)16)13-11(17)8-5-7(12)2-3-9(8)14/h5-6,14H,2-4H2,1H3,(H,13,17)(H,15,16). The molecule has 0 fully saturated rings. The first-order valence-corrected chi connectivity index (χ1v) is 6.00. The predicted octanol–water partition coefficient (Wildman–Crippen LogP) is 1.85. The number of nitrogens with one attached hydrogen (secondary N) is 1. The summed E-state index contributed by atoms with van der Waals surface area (Å²) in [5.74, 6) is -1.39. The minimum atomic E-state index is -0.976. The average molecular weight is 304 g/mol. The fraction of sp³-hybridized carbons (Fsp3) is 0.455. The summed E-state index contributed by atoms with van der Waals surface area (Å²) in [6.07, 6.45) is 2.48. The summed E-state index contributed by atoms with van der Waals surface area (Å²) in [7, 11) is 0. The highest BCUT2D eigenvalue weighted by atomic mass is 79.9. The van der Waals surface area contributed by atoms with Gasteiger partial charge in [0.2, 0.25) is 0 Å². The first kappa shape index (κ1) is 13.8. The minimum Gasteiger partial charge on any atom is -0.511 e. The Morgan fingerprint density at radius 2 is 2.18 bits per heavy atom. The van der Waals surface area contributed by atoms with Crippen LogP contribution in [0.15, 0.2) is 21.9 Å². The number of carbonyl (C=O) groups is 2. The maximum atomic E-state index is 11.8. The van der Waals surface area contributed by atoms with Crippen LogP contribution in [0.2, 0.25) is 0 Å². The molecule has 0 bridgehead atoms. The van der Waals surface area contributed by atoms with Gasteiger partial charge in [0.05, 0.1) is 12.0 Å². The molecule has 0 radical (unpaired) electrons. The maximum absolute atomic E-state index is 11.8. The van der Waals surface area contributed by atoms with Gasteiger partial charge in [0.25, 0.3) is 5.91 Å². The Morgan fingerprint density at radius 3 is 2.76 bits per heavy atom. The van der Waals surface area contributed by atoms with Crippen LogP contribution in [-0.4, -0.2) is 28.1 Å². The van der Waals surface area contributed by atoms with Crippen LogP contribution < -0.4 is 5.32 Å². The molecular formula is C11H14BrNO4. The van der Waals surface area contributed by atoms with Crippen molar-refractivity contribution in [2.45, 2.75) is 32.2 Å². The van der Waals surface area contributed by atoms with Crippen LogP contribution in [-0.2, 0) is 9.59 Å². The lowest BCUT2D eigenvalue weighted by molar-refractivity contribution is -0.137. The fourth-order valence-corrected chi connectivity index (χ4v) is 1.92. The van der Waals surface area contributed by atoms with Gasteiger partial charge in [-0.05, 0) is 23.9 Å². The fourth-order valence-electron chi connectivity index (χ4n) is 1.50. The number of halogens is 1. The van der Waals surface area contributed by atoms with Gasteiger partial charge < -0.3 is 15.5 Å². The molecule has 0 aromatic carbocycles. The molecule has 1 rings (SSSR count). The summed E-state index contributed by atoms with van der Waals surface area (Å²) >= 11 is 3.27. The number of aliphatic hydroxyl groups is 1. The van der Waals surface area contributed by atoms with Crippen molar-refractivity contribution in [3.63, 3.8) is 0 Å². The monoisotopic (exact) mass is 303 g/mol. The first-order valence-electron chi connectivity index (χ1n) is 5.21. The molecule has 1 aliphatic rings. The van der Waals surface area contributed by atoms with E-state index in [1.165, 1.54) is 0 Å². The van der Waals surface area contributed by atoms with Gasteiger partial charge in [0.1, 0.15) is 5.76 Å². The summed E-state index contributed by atoms with van der Waals surface area (Å²) in [4.78, 5) is 22.2. The molecule has 5 nitrogen and oxygen atoms in total. The summed E-state index contributed by atoms with van der Waals surface area (Å²) in [6, 6.07) is -0.477. The largest absolute Gasteiger partial charge is 0.511 e. The zero-order chi connectivity index (χ0) is 13.0. The first-order chi connectivity index (χ1) is 7.90. The number of aliphatic hydroxyl groups excluding tert-OH is 1. The van der Waals surface area contributed by atoms with Gasteiger partial charge >= 0.3 is 5.97 Å². The molecule has 6 heteroatoms. The van der Waals surface area contributed by atoms with Gasteiger partial charge in [0, 0.05) is 12.5 Å². The molecule has 94 valence electrons. The van der Waals surface area contributed by atoms with E-state index in [0.29, 0.717) is 12.8 Å². The Morgan fingerprint density at radius 1 is 1.53 bits per heavy atom. The summed E-state index contributed by atoms with van der Waals surface area (Å²) in [6.45, 7) is 1.60. The van der Waals surface area contributed by atoms with E-state index < -0.39 is 17.9 Å². The van der Waals surface area contributed by atoms with Crippen molar-refractivity contribution in [1.82, 2.24) is 5.32 Å². The molecule has 0 saturated carbocycles. The van der Waals surface area contributed by atoms with Crippen molar-refractivity contribution in [2.75, 3.05) is 0 Å². The van der Waals surface area contributed by atoms with Crippen molar-refractivity contribution in [3.05, 3.63) is 21.9 Å². The Kier molecular flexibility index (Phi) is 4.74. The van der Waals surface area contributed by atoms with Gasteiger partial charge in [-0.3, -0.25) is 9.59 Å². The molecule has 1 amide bonds. The van der Waals surface area contributed by atoms with E-state index in [1.54, 1.807) is 13.0 Å². The predicted molar refractivity (Wildman–Crippen MR) is 65.8 cm³/mol. The topological polar surface area (TPSA) is 86.6 Å². The number of amides is 1. The van der Waals surface area contributed by atoms with Gasteiger partial charge in [-0.1, -0.05) is 15.9 Å². The molecule has 1 unspecified atom stereocenters. The Balaban J connectivity index is 2.67. The molecule has 0 aromatic heterocycles. The van der Waals surface area contributed by atoms with Crippen LogP contribution in [0.4, 0.5) is 0 Å². The zero-order valence-electron chi connectivity index (χ0n) is 9.36. The molecule has 0 aromatic rings. The lowest BCUT2D eigenvalue weighted by Gasteiger charge is -2.16. The molecule has 0 heterocycles. The summed E-state index contributed by atoms with van der Waals surface area (Å²) in [5.41, 5.74) is 0.195. The van der Waals surface area contributed by atoms with Crippen LogP contribution in [0.3, 0.4) is 0 Å². The summed E-state index contributed by atoms with van der Waals surface area (Å²) in [5, 5.41) is 20.7. The average Bonchev–Trinajstić information content (AvgIpc) is 2.20. The van der Waals surface area contributed by atoms with E-state index in [9.17, 15) is 14.7 Å². The highest BCUT2D eigenvalue weighted by molar-refractivity contribution is 9.11. The van der Waals surface area contributed by atoms with Crippen LogP contribution in [0, 0.1) is 0 Å². The third-order valence-electron chi connectivity index (χ3n) is 2.32. The van der Waals surface area contributed by atoms with E-state index in [-0.39, 0.29) is 17.8 Å². The number of allylic oxidation sites excluding steroid dienone is 2. The van der Waals surface area contributed by atoms with E-state index in [4.69, 9.17) is 5.11 Å². The van der Waals surface area contributed by atoms with Crippen LogP contribution in [0.1, 0.15) is 26.2 Å². The number of carbonyl (C=O) groups excluding carboxylic acids is 1.